The van der Waals surface area contributed by atoms with E-state index < -0.39 is 102 Å². The summed E-state index contributed by atoms with van der Waals surface area (Å²) >= 11 is 0. The first-order chi connectivity index (χ1) is 29.2. The molecular formula is C43H71N9O10. The van der Waals surface area contributed by atoms with Crippen LogP contribution >= 0.6 is 0 Å². The Morgan fingerprint density at radius 1 is 0.758 bits per heavy atom. The number of hydrogen-bond acceptors (Lipinski definition) is 11. The highest BCUT2D eigenvalue weighted by atomic mass is 16.4. The molecule has 2 rings (SSSR count). The molecule has 1 aliphatic heterocycles. The molecule has 348 valence electrons. The van der Waals surface area contributed by atoms with Gasteiger partial charge in [0.15, 0.2) is 0 Å². The van der Waals surface area contributed by atoms with Crippen molar-refractivity contribution >= 4 is 47.3 Å². The Hall–Kier alpha value is -5.14. The zero-order valence-electron chi connectivity index (χ0n) is 37.3. The molecule has 12 N–H and O–H groups in total. The van der Waals surface area contributed by atoms with E-state index in [0.29, 0.717) is 32.2 Å². The fourth-order valence-corrected chi connectivity index (χ4v) is 6.93. The number of carbonyl (C=O) groups is 8. The van der Waals surface area contributed by atoms with Crippen molar-refractivity contribution in [2.45, 2.75) is 148 Å². The lowest BCUT2D eigenvalue weighted by molar-refractivity contribution is -0.143. The van der Waals surface area contributed by atoms with Gasteiger partial charge in [-0.1, -0.05) is 78.3 Å². The number of aliphatic carboxylic acids is 1. The molecule has 9 atom stereocenters. The first-order valence-electron chi connectivity index (χ1n) is 21.7. The molecule has 62 heavy (non-hydrogen) atoms. The molecular weight excluding hydrogens is 803 g/mol. The van der Waals surface area contributed by atoms with Crippen LogP contribution in [0.3, 0.4) is 0 Å². The number of aliphatic hydroxyl groups excluding tert-OH is 1. The average Bonchev–Trinajstić information content (AvgIpc) is 3.73. The number of carbonyl (C=O) groups excluding carboxylic acids is 7. The van der Waals surface area contributed by atoms with Gasteiger partial charge >= 0.3 is 5.97 Å². The molecule has 0 unspecified atom stereocenters. The lowest BCUT2D eigenvalue weighted by atomic mass is 9.95. The number of amides is 7. The second-order valence-electron chi connectivity index (χ2n) is 16.9. The summed E-state index contributed by atoms with van der Waals surface area (Å²) in [5, 5.41) is 35.1. The van der Waals surface area contributed by atoms with Crippen LogP contribution in [0, 0.1) is 17.8 Å². The number of carboxylic acid groups (broad SMARTS) is 1. The summed E-state index contributed by atoms with van der Waals surface area (Å²) in [6.07, 6.45) is 2.46. The number of nitrogens with two attached hydrogens (primary N) is 2. The smallest absolute Gasteiger partial charge is 0.326 e. The third kappa shape index (κ3) is 16.6. The van der Waals surface area contributed by atoms with Gasteiger partial charge in [-0.3, -0.25) is 33.6 Å². The average molecular weight is 874 g/mol. The van der Waals surface area contributed by atoms with Crippen LogP contribution in [0.5, 0.6) is 0 Å². The maximum Gasteiger partial charge on any atom is 0.326 e. The minimum absolute atomic E-state index is 0.0752. The van der Waals surface area contributed by atoms with Gasteiger partial charge in [-0.05, 0) is 75.3 Å². The number of likely N-dealkylation sites (tertiary alicyclic amines) is 1. The molecule has 0 aliphatic carbocycles. The van der Waals surface area contributed by atoms with Crippen LogP contribution < -0.4 is 43.4 Å². The van der Waals surface area contributed by atoms with E-state index in [4.69, 9.17) is 11.5 Å². The summed E-state index contributed by atoms with van der Waals surface area (Å²) < 4.78 is 0. The summed E-state index contributed by atoms with van der Waals surface area (Å²) in [7, 11) is 0. The lowest BCUT2D eigenvalue weighted by Crippen LogP contribution is -2.60. The maximum absolute atomic E-state index is 14.4. The van der Waals surface area contributed by atoms with Crippen LogP contribution in [0.25, 0.3) is 0 Å². The van der Waals surface area contributed by atoms with Gasteiger partial charge in [0.2, 0.25) is 41.4 Å². The first-order valence-corrected chi connectivity index (χ1v) is 21.7. The van der Waals surface area contributed by atoms with Crippen molar-refractivity contribution in [1.82, 2.24) is 36.8 Å². The topological polar surface area (TPSA) is 304 Å². The normalized spacial score (nSPS) is 17.7. The monoisotopic (exact) mass is 874 g/mol. The number of aliphatic hydroxyl groups is 1. The molecule has 0 aromatic heterocycles. The number of hydrogen-bond donors (Lipinski definition) is 10. The Balaban J connectivity index is 2.25. The van der Waals surface area contributed by atoms with Crippen molar-refractivity contribution < 1.29 is 48.6 Å². The van der Waals surface area contributed by atoms with E-state index in [2.05, 4.69) is 31.9 Å². The van der Waals surface area contributed by atoms with Crippen LogP contribution in [-0.4, -0.2) is 130 Å². The summed E-state index contributed by atoms with van der Waals surface area (Å²) in [5.41, 5.74) is 12.5. The number of rotatable bonds is 26. The Morgan fingerprint density at radius 3 is 1.92 bits per heavy atom. The van der Waals surface area contributed by atoms with Gasteiger partial charge in [0.1, 0.15) is 42.3 Å². The van der Waals surface area contributed by atoms with Crippen LogP contribution in [0.4, 0.5) is 0 Å². The van der Waals surface area contributed by atoms with E-state index in [9.17, 15) is 48.6 Å². The van der Waals surface area contributed by atoms with E-state index in [1.54, 1.807) is 39.8 Å². The highest BCUT2D eigenvalue weighted by molar-refractivity contribution is 5.98. The molecule has 0 saturated carbocycles. The first kappa shape index (κ1) is 53.0. The largest absolute Gasteiger partial charge is 0.480 e. The number of unbranched alkanes of at least 4 members (excludes halogenated alkanes) is 1. The van der Waals surface area contributed by atoms with Crippen molar-refractivity contribution in [3.63, 3.8) is 0 Å². The molecule has 1 saturated heterocycles. The molecule has 1 aliphatic rings. The highest BCUT2D eigenvalue weighted by Gasteiger charge is 2.40. The van der Waals surface area contributed by atoms with E-state index in [1.807, 2.05) is 32.0 Å². The second kappa shape index (κ2) is 26.4. The Kier molecular flexibility index (Phi) is 22.5. The molecule has 1 heterocycles. The van der Waals surface area contributed by atoms with Crippen molar-refractivity contribution in [2.75, 3.05) is 19.7 Å². The van der Waals surface area contributed by atoms with Gasteiger partial charge in [0, 0.05) is 13.0 Å². The number of nitrogens with one attached hydrogen (secondary N) is 6. The van der Waals surface area contributed by atoms with Crippen LogP contribution in [0.15, 0.2) is 30.3 Å². The summed E-state index contributed by atoms with van der Waals surface area (Å²) in [5.74, 6) is -6.56. The summed E-state index contributed by atoms with van der Waals surface area (Å²) in [6, 6.07) is -0.145. The molecule has 0 radical (unpaired) electrons. The maximum atomic E-state index is 14.4. The summed E-state index contributed by atoms with van der Waals surface area (Å²) in [4.78, 5) is 108. The number of carboxylic acids is 1. The van der Waals surface area contributed by atoms with Crippen molar-refractivity contribution in [1.29, 1.82) is 0 Å². The van der Waals surface area contributed by atoms with E-state index in [1.165, 1.54) is 11.8 Å². The Morgan fingerprint density at radius 2 is 1.35 bits per heavy atom. The van der Waals surface area contributed by atoms with Gasteiger partial charge in [-0.25, -0.2) is 4.79 Å². The molecule has 7 amide bonds. The molecule has 1 fully saturated rings. The van der Waals surface area contributed by atoms with Crippen molar-refractivity contribution in [2.24, 2.45) is 29.2 Å². The SMILES string of the molecule is CC[C@H](C)[C@H](NC(=O)[C@@H](N)C(C)C)C(=O)N[C@@H](Cc1ccccc1)C(=O)N1CCC[C@H]1C(=O)N[C@@H](C)C(=O)N[C@@H](CCCCN)C(=O)N[C@@H](CO)C(=O)N[C@@H](CC(C)C)C(=O)O. The quantitative estimate of drug-likeness (QED) is 0.0524. The van der Waals surface area contributed by atoms with Crippen LogP contribution in [0.2, 0.25) is 0 Å². The highest BCUT2D eigenvalue weighted by Crippen LogP contribution is 2.21. The predicted octanol–water partition coefficient (Wildman–Crippen LogP) is -0.570. The Bertz CT molecular complexity index is 1660. The molecule has 19 nitrogen and oxygen atoms in total. The van der Waals surface area contributed by atoms with E-state index in [-0.39, 0.29) is 50.0 Å². The minimum atomic E-state index is -1.52. The number of benzene rings is 1. The molecule has 0 spiro atoms. The lowest BCUT2D eigenvalue weighted by Gasteiger charge is -2.32. The van der Waals surface area contributed by atoms with Crippen molar-refractivity contribution in [3.8, 4) is 0 Å². The summed E-state index contributed by atoms with van der Waals surface area (Å²) in [6.45, 7) is 11.9. The van der Waals surface area contributed by atoms with Crippen LogP contribution in [-0.2, 0) is 44.8 Å². The standard InChI is InChI=1S/C43H71N9O10/c1-8-26(6)35(51-40(58)34(45)25(4)5)41(59)48-30(22-28-15-10-9-11-16-28)42(60)52-20-14-18-33(52)39(57)46-27(7)36(54)47-29(17-12-13-19-44)37(55)50-32(23-53)38(56)49-31(43(61)62)21-24(2)3/h9-11,15-16,24-27,29-35,53H,8,12-14,17-23,44-45H2,1-7H3,(H,46,57)(H,47,54)(H,48,59)(H,49,56)(H,50,55)(H,51,58)(H,61,62)/t26-,27-,29-,30-,31-,32-,33-,34-,35-/m0/s1. The van der Waals surface area contributed by atoms with Gasteiger partial charge in [0.05, 0.1) is 12.6 Å². The van der Waals surface area contributed by atoms with Gasteiger partial charge in [-0.2, -0.15) is 0 Å². The fourth-order valence-electron chi connectivity index (χ4n) is 6.93. The van der Waals surface area contributed by atoms with E-state index >= 15 is 0 Å². The van der Waals surface area contributed by atoms with Gasteiger partial charge in [-0.15, -0.1) is 0 Å². The third-order valence-corrected chi connectivity index (χ3v) is 11.0. The number of nitrogens with zero attached hydrogens (tertiary/aromatic N) is 1. The molecule has 0 bridgehead atoms. The predicted molar refractivity (Wildman–Crippen MR) is 231 cm³/mol. The molecule has 1 aromatic rings. The second-order valence-corrected chi connectivity index (χ2v) is 16.9. The fraction of sp³-hybridized carbons (Fsp3) is 0.674. The molecule has 19 heteroatoms. The van der Waals surface area contributed by atoms with E-state index in [0.717, 1.165) is 5.56 Å². The minimum Gasteiger partial charge on any atom is -0.480 e. The van der Waals surface area contributed by atoms with Gasteiger partial charge in [0.25, 0.3) is 0 Å². The molecule has 1 aromatic carbocycles. The third-order valence-electron chi connectivity index (χ3n) is 11.0. The Labute approximate surface area is 365 Å². The zero-order chi connectivity index (χ0) is 46.7. The van der Waals surface area contributed by atoms with Crippen LogP contribution in [0.1, 0.15) is 99.0 Å². The zero-order valence-corrected chi connectivity index (χ0v) is 37.3. The van der Waals surface area contributed by atoms with Crippen molar-refractivity contribution in [3.05, 3.63) is 35.9 Å². The van der Waals surface area contributed by atoms with Gasteiger partial charge < -0.3 is 58.5 Å².